The average Bonchev–Trinajstić information content (AvgIpc) is 3.11. The van der Waals surface area contributed by atoms with Crippen LogP contribution in [-0.2, 0) is 11.3 Å². The van der Waals surface area contributed by atoms with Crippen LogP contribution in [0, 0.1) is 6.92 Å². The molecule has 0 aliphatic carbocycles. The highest BCUT2D eigenvalue weighted by atomic mass is 35.5. The average molecular weight is 378 g/mol. The zero-order chi connectivity index (χ0) is 19.1. The number of fused-ring (bicyclic) bond motifs is 1. The van der Waals surface area contributed by atoms with Crippen molar-refractivity contribution >= 4 is 17.5 Å². The van der Waals surface area contributed by atoms with Crippen molar-refractivity contribution < 1.29 is 19.0 Å². The fraction of sp³-hybridized carbons (Fsp3) is 0.350. The van der Waals surface area contributed by atoms with Gasteiger partial charge in [0.1, 0.15) is 5.75 Å². The molecule has 0 aromatic heterocycles. The molecule has 140 valence electrons. The molecule has 1 aliphatic heterocycles. The van der Waals surface area contributed by atoms with E-state index >= 15 is 0 Å². The third kappa shape index (κ3) is 5.05. The molecular weight excluding hydrogens is 354 g/mol. The monoisotopic (exact) mass is 377 g/mol. The van der Waals surface area contributed by atoms with E-state index in [9.17, 15) is 4.79 Å². The molecule has 1 N–H and O–H groups in total. The van der Waals surface area contributed by atoms with E-state index in [0.29, 0.717) is 23.1 Å². The molecule has 0 bridgehead atoms. The lowest BCUT2D eigenvalue weighted by molar-refractivity contribution is -0.127. The standard InChI is InChI=1S/C18H18ClNO4.C2H6/c1-11-3-5-15(14(19)7-11)24-12(2)18(21)20-9-13-4-6-16-17(8-13)23-10-22-16;1-2/h3-8,12H,9-10H2,1-2H3,(H,20,21);1-2H3. The minimum atomic E-state index is -0.654. The van der Waals surface area contributed by atoms with Gasteiger partial charge < -0.3 is 19.5 Å². The Hall–Kier alpha value is -2.40. The number of amides is 1. The van der Waals surface area contributed by atoms with Crippen molar-refractivity contribution in [1.29, 1.82) is 0 Å². The number of carbonyl (C=O) groups excluding carboxylic acids is 1. The molecule has 0 radical (unpaired) electrons. The van der Waals surface area contributed by atoms with Gasteiger partial charge in [0.05, 0.1) is 5.02 Å². The van der Waals surface area contributed by atoms with Gasteiger partial charge in [-0.2, -0.15) is 0 Å². The third-order valence-electron chi connectivity index (χ3n) is 3.66. The van der Waals surface area contributed by atoms with Crippen LogP contribution >= 0.6 is 11.6 Å². The van der Waals surface area contributed by atoms with Gasteiger partial charge in [-0.3, -0.25) is 4.79 Å². The van der Waals surface area contributed by atoms with Crippen LogP contribution in [0.5, 0.6) is 17.2 Å². The van der Waals surface area contributed by atoms with E-state index < -0.39 is 6.10 Å². The molecule has 2 aromatic carbocycles. The number of carbonyl (C=O) groups is 1. The molecular formula is C20H24ClNO4. The highest BCUT2D eigenvalue weighted by molar-refractivity contribution is 6.32. The molecule has 2 aromatic rings. The van der Waals surface area contributed by atoms with E-state index in [0.717, 1.165) is 16.9 Å². The van der Waals surface area contributed by atoms with E-state index in [-0.39, 0.29) is 12.7 Å². The van der Waals surface area contributed by atoms with Crippen LogP contribution in [0.3, 0.4) is 0 Å². The van der Waals surface area contributed by atoms with Crippen molar-refractivity contribution in [3.63, 3.8) is 0 Å². The lowest BCUT2D eigenvalue weighted by atomic mass is 10.2. The predicted octanol–water partition coefficient (Wildman–Crippen LogP) is 4.49. The Kier molecular flexibility index (Phi) is 7.16. The van der Waals surface area contributed by atoms with Gasteiger partial charge in [-0.05, 0) is 49.2 Å². The van der Waals surface area contributed by atoms with Crippen LogP contribution in [0.4, 0.5) is 0 Å². The first-order chi connectivity index (χ1) is 12.5. The third-order valence-corrected chi connectivity index (χ3v) is 3.96. The largest absolute Gasteiger partial charge is 0.479 e. The van der Waals surface area contributed by atoms with Gasteiger partial charge in [0.2, 0.25) is 6.79 Å². The zero-order valence-electron chi connectivity index (χ0n) is 15.5. The molecule has 1 heterocycles. The molecule has 5 nitrogen and oxygen atoms in total. The number of aryl methyl sites for hydroxylation is 1. The summed E-state index contributed by atoms with van der Waals surface area (Å²) >= 11 is 6.12. The Morgan fingerprint density at radius 2 is 1.92 bits per heavy atom. The van der Waals surface area contributed by atoms with Crippen molar-refractivity contribution in [2.45, 2.75) is 40.3 Å². The second-order valence-corrected chi connectivity index (χ2v) is 6.01. The molecule has 1 aliphatic rings. The molecule has 1 atom stereocenters. The Balaban J connectivity index is 0.00000117. The minimum absolute atomic E-state index is 0.218. The maximum absolute atomic E-state index is 12.2. The molecule has 1 amide bonds. The van der Waals surface area contributed by atoms with E-state index in [1.54, 1.807) is 19.1 Å². The summed E-state index contributed by atoms with van der Waals surface area (Å²) in [5.74, 6) is 1.69. The summed E-state index contributed by atoms with van der Waals surface area (Å²) in [4.78, 5) is 12.2. The van der Waals surface area contributed by atoms with Crippen LogP contribution in [0.1, 0.15) is 31.9 Å². The van der Waals surface area contributed by atoms with Crippen molar-refractivity contribution in [1.82, 2.24) is 5.32 Å². The van der Waals surface area contributed by atoms with Gasteiger partial charge in [0.15, 0.2) is 17.6 Å². The van der Waals surface area contributed by atoms with Crippen molar-refractivity contribution in [2.75, 3.05) is 6.79 Å². The minimum Gasteiger partial charge on any atom is -0.479 e. The van der Waals surface area contributed by atoms with Gasteiger partial charge in [-0.25, -0.2) is 0 Å². The van der Waals surface area contributed by atoms with Gasteiger partial charge in [-0.1, -0.05) is 37.6 Å². The zero-order valence-corrected chi connectivity index (χ0v) is 16.2. The van der Waals surface area contributed by atoms with Gasteiger partial charge >= 0.3 is 0 Å². The number of benzene rings is 2. The number of nitrogens with one attached hydrogen (secondary N) is 1. The molecule has 3 rings (SSSR count). The first-order valence-corrected chi connectivity index (χ1v) is 9.00. The quantitative estimate of drug-likeness (QED) is 0.834. The highest BCUT2D eigenvalue weighted by Gasteiger charge is 2.17. The molecule has 0 saturated carbocycles. The number of rotatable bonds is 5. The SMILES string of the molecule is CC.Cc1ccc(OC(C)C(=O)NCc2ccc3c(c2)OCO3)c(Cl)c1. The molecule has 1 unspecified atom stereocenters. The molecule has 26 heavy (non-hydrogen) atoms. The fourth-order valence-electron chi connectivity index (χ4n) is 2.33. The first-order valence-electron chi connectivity index (χ1n) is 8.62. The van der Waals surface area contributed by atoms with Crippen molar-refractivity contribution in [3.05, 3.63) is 52.5 Å². The van der Waals surface area contributed by atoms with Crippen LogP contribution in [-0.4, -0.2) is 18.8 Å². The Bertz CT molecular complexity index is 763. The second-order valence-electron chi connectivity index (χ2n) is 5.60. The topological polar surface area (TPSA) is 56.8 Å². The summed E-state index contributed by atoms with van der Waals surface area (Å²) in [6.45, 7) is 8.24. The lowest BCUT2D eigenvalue weighted by Crippen LogP contribution is -2.35. The van der Waals surface area contributed by atoms with Crippen molar-refractivity contribution in [3.8, 4) is 17.2 Å². The predicted molar refractivity (Wildman–Crippen MR) is 102 cm³/mol. The van der Waals surface area contributed by atoms with Crippen LogP contribution in [0.2, 0.25) is 5.02 Å². The summed E-state index contributed by atoms with van der Waals surface area (Å²) in [6.07, 6.45) is -0.654. The van der Waals surface area contributed by atoms with E-state index in [4.69, 9.17) is 25.8 Å². The number of halogens is 1. The molecule has 0 saturated heterocycles. The molecule has 0 spiro atoms. The fourth-order valence-corrected chi connectivity index (χ4v) is 2.61. The highest BCUT2D eigenvalue weighted by Crippen LogP contribution is 2.32. The summed E-state index contributed by atoms with van der Waals surface area (Å²) in [5, 5.41) is 3.33. The van der Waals surface area contributed by atoms with Crippen molar-refractivity contribution in [2.24, 2.45) is 0 Å². The number of hydrogen-bond donors (Lipinski definition) is 1. The van der Waals surface area contributed by atoms with Crippen LogP contribution in [0.25, 0.3) is 0 Å². The smallest absolute Gasteiger partial charge is 0.261 e. The molecule has 0 fully saturated rings. The Morgan fingerprint density at radius 3 is 2.65 bits per heavy atom. The number of ether oxygens (including phenoxy) is 3. The van der Waals surface area contributed by atoms with Crippen LogP contribution < -0.4 is 19.5 Å². The Morgan fingerprint density at radius 1 is 1.19 bits per heavy atom. The summed E-state index contributed by atoms with van der Waals surface area (Å²) in [7, 11) is 0. The maximum Gasteiger partial charge on any atom is 0.261 e. The van der Waals surface area contributed by atoms with Gasteiger partial charge in [0, 0.05) is 6.54 Å². The van der Waals surface area contributed by atoms with Crippen LogP contribution in [0.15, 0.2) is 36.4 Å². The second kappa shape index (κ2) is 9.34. The summed E-state index contributed by atoms with van der Waals surface area (Å²) in [5.41, 5.74) is 1.96. The number of hydrogen-bond acceptors (Lipinski definition) is 4. The summed E-state index contributed by atoms with van der Waals surface area (Å²) < 4.78 is 16.2. The van der Waals surface area contributed by atoms with Gasteiger partial charge in [0.25, 0.3) is 5.91 Å². The summed E-state index contributed by atoms with van der Waals surface area (Å²) in [6, 6.07) is 11.0. The van der Waals surface area contributed by atoms with E-state index in [2.05, 4.69) is 5.32 Å². The van der Waals surface area contributed by atoms with E-state index in [1.165, 1.54) is 0 Å². The van der Waals surface area contributed by atoms with Gasteiger partial charge in [-0.15, -0.1) is 0 Å². The first kappa shape index (κ1) is 19.9. The maximum atomic E-state index is 12.2. The van der Waals surface area contributed by atoms with E-state index in [1.807, 2.05) is 45.0 Å². The lowest BCUT2D eigenvalue weighted by Gasteiger charge is -2.16. The Labute approximate surface area is 159 Å². The molecule has 6 heteroatoms. The normalized spacial score (nSPS) is 12.7.